The second kappa shape index (κ2) is 8.09. The number of carbonyl (C=O) groups excluding carboxylic acids is 1. The number of nitrogens with one attached hydrogen (secondary N) is 3. The first kappa shape index (κ1) is 20.2. The Kier molecular flexibility index (Phi) is 5.11. The van der Waals surface area contributed by atoms with Gasteiger partial charge in [-0.15, -0.1) is 0 Å². The molecule has 0 saturated carbocycles. The Bertz CT molecular complexity index is 1290. The first-order chi connectivity index (χ1) is 15.5. The number of fused-ring (bicyclic) bond motifs is 2. The van der Waals surface area contributed by atoms with E-state index in [0.29, 0.717) is 5.82 Å². The van der Waals surface area contributed by atoms with Crippen molar-refractivity contribution in [2.45, 2.75) is 25.4 Å². The summed E-state index contributed by atoms with van der Waals surface area (Å²) in [5.74, 6) is 0.474. The molecule has 1 aliphatic carbocycles. The summed E-state index contributed by atoms with van der Waals surface area (Å²) in [4.78, 5) is 19.5. The molecule has 162 valence electrons. The van der Waals surface area contributed by atoms with E-state index in [-0.39, 0.29) is 18.1 Å². The van der Waals surface area contributed by atoms with E-state index >= 15 is 0 Å². The van der Waals surface area contributed by atoms with Crippen molar-refractivity contribution >= 4 is 22.8 Å². The largest absolute Gasteiger partial charge is 0.329 e. The lowest BCUT2D eigenvalue weighted by atomic mass is 10.1. The summed E-state index contributed by atoms with van der Waals surface area (Å²) >= 11 is 0. The second-order valence-electron chi connectivity index (χ2n) is 8.57. The van der Waals surface area contributed by atoms with Crippen molar-refractivity contribution in [2.24, 2.45) is 0 Å². The molecule has 2 aromatic carbocycles. The highest BCUT2D eigenvalue weighted by atomic mass is 16.2. The smallest absolute Gasteiger partial charge is 0.320 e. The van der Waals surface area contributed by atoms with Gasteiger partial charge < -0.3 is 10.2 Å². The molecule has 1 aliphatic rings. The number of anilines is 1. The third kappa shape index (κ3) is 3.71. The maximum Gasteiger partial charge on any atom is 0.320 e. The number of urea groups is 1. The first-order valence-electron chi connectivity index (χ1n) is 10.7. The predicted octanol–water partition coefficient (Wildman–Crippen LogP) is 4.28. The normalized spacial score (nSPS) is 17.5. The van der Waals surface area contributed by atoms with Crippen molar-refractivity contribution in [3.8, 4) is 11.3 Å². The van der Waals surface area contributed by atoms with E-state index in [4.69, 9.17) is 0 Å². The molecule has 0 unspecified atom stereocenters. The van der Waals surface area contributed by atoms with E-state index in [1.807, 2.05) is 44.4 Å². The van der Waals surface area contributed by atoms with E-state index < -0.39 is 0 Å². The van der Waals surface area contributed by atoms with Gasteiger partial charge in [0.25, 0.3) is 0 Å². The van der Waals surface area contributed by atoms with Crippen molar-refractivity contribution in [1.82, 2.24) is 25.4 Å². The van der Waals surface area contributed by atoms with Gasteiger partial charge in [-0.3, -0.25) is 10.4 Å². The van der Waals surface area contributed by atoms with Crippen LogP contribution >= 0.6 is 0 Å². The van der Waals surface area contributed by atoms with Gasteiger partial charge in [0.15, 0.2) is 0 Å². The fourth-order valence-electron chi connectivity index (χ4n) is 4.52. The van der Waals surface area contributed by atoms with Crippen LogP contribution in [-0.2, 0) is 6.42 Å². The van der Waals surface area contributed by atoms with Gasteiger partial charge in [0.05, 0.1) is 11.6 Å². The molecular weight excluding hydrogens is 400 g/mol. The summed E-state index contributed by atoms with van der Waals surface area (Å²) in [6.45, 7) is 2.06. The van der Waals surface area contributed by atoms with Crippen LogP contribution in [0.25, 0.3) is 22.2 Å². The lowest BCUT2D eigenvalue weighted by molar-refractivity contribution is 0.225. The van der Waals surface area contributed by atoms with Crippen molar-refractivity contribution in [3.05, 3.63) is 77.5 Å². The van der Waals surface area contributed by atoms with E-state index in [1.165, 1.54) is 16.7 Å². The number of hydrogen-bond donors (Lipinski definition) is 3. The highest BCUT2D eigenvalue weighted by Crippen LogP contribution is 2.33. The van der Waals surface area contributed by atoms with Gasteiger partial charge in [-0.05, 0) is 44.6 Å². The van der Waals surface area contributed by atoms with Crippen LogP contribution in [0.2, 0.25) is 0 Å². The molecule has 0 saturated heterocycles. The SMILES string of the molecule is Cc1cccc(-c2n[nH]c3cc(NC(=O)N[C@@H]4c5ccccc5C[C@H]4N(C)C)ncc23)c1. The highest BCUT2D eigenvalue weighted by Gasteiger charge is 2.34. The third-order valence-corrected chi connectivity index (χ3v) is 6.13. The van der Waals surface area contributed by atoms with Gasteiger partial charge >= 0.3 is 6.03 Å². The quantitative estimate of drug-likeness (QED) is 0.455. The lowest BCUT2D eigenvalue weighted by Gasteiger charge is -2.27. The number of pyridine rings is 1. The molecule has 5 rings (SSSR count). The van der Waals surface area contributed by atoms with Gasteiger partial charge in [-0.2, -0.15) is 5.10 Å². The number of amides is 2. The zero-order valence-electron chi connectivity index (χ0n) is 18.4. The van der Waals surface area contributed by atoms with Crippen molar-refractivity contribution in [2.75, 3.05) is 19.4 Å². The maximum atomic E-state index is 12.8. The minimum Gasteiger partial charge on any atom is -0.329 e. The van der Waals surface area contributed by atoms with Crippen LogP contribution in [0.4, 0.5) is 10.6 Å². The van der Waals surface area contributed by atoms with E-state index in [9.17, 15) is 4.79 Å². The Labute approximate surface area is 186 Å². The topological polar surface area (TPSA) is 85.9 Å². The Morgan fingerprint density at radius 1 is 1.12 bits per heavy atom. The standard InChI is InChI=1S/C25H26N6O/c1-15-7-6-9-17(11-15)23-19-14-26-22(13-20(19)29-30-23)27-25(32)28-24-18-10-5-4-8-16(18)12-21(24)31(2)3/h4-11,13-14,21,24H,12H2,1-3H3,(H,29,30)(H2,26,27,28,32)/t21-,24-/m1/s1. The van der Waals surface area contributed by atoms with Crippen LogP contribution in [0, 0.1) is 6.92 Å². The molecule has 0 bridgehead atoms. The molecule has 7 heteroatoms. The number of aromatic amines is 1. The Morgan fingerprint density at radius 2 is 1.97 bits per heavy atom. The monoisotopic (exact) mass is 426 g/mol. The zero-order chi connectivity index (χ0) is 22.2. The number of rotatable bonds is 4. The lowest BCUT2D eigenvalue weighted by Crippen LogP contribution is -2.42. The number of likely N-dealkylation sites (N-methyl/N-ethyl adjacent to an activating group) is 1. The van der Waals surface area contributed by atoms with E-state index in [0.717, 1.165) is 28.6 Å². The summed E-state index contributed by atoms with van der Waals surface area (Å²) in [6.07, 6.45) is 2.66. The van der Waals surface area contributed by atoms with Gasteiger partial charge in [0, 0.05) is 29.3 Å². The molecule has 0 radical (unpaired) electrons. The Morgan fingerprint density at radius 3 is 2.78 bits per heavy atom. The molecule has 7 nitrogen and oxygen atoms in total. The zero-order valence-corrected chi connectivity index (χ0v) is 18.4. The van der Waals surface area contributed by atoms with Gasteiger partial charge in [0.1, 0.15) is 11.5 Å². The van der Waals surface area contributed by atoms with E-state index in [2.05, 4.69) is 61.9 Å². The van der Waals surface area contributed by atoms with Crippen molar-refractivity contribution in [1.29, 1.82) is 0 Å². The maximum absolute atomic E-state index is 12.8. The van der Waals surface area contributed by atoms with Gasteiger partial charge in [0.2, 0.25) is 0 Å². The molecule has 2 aromatic heterocycles. The van der Waals surface area contributed by atoms with Crippen molar-refractivity contribution in [3.63, 3.8) is 0 Å². The summed E-state index contributed by atoms with van der Waals surface area (Å²) in [5.41, 5.74) is 6.32. The van der Waals surface area contributed by atoms with Crippen LogP contribution in [-0.4, -0.2) is 46.2 Å². The molecule has 0 fully saturated rings. The fraction of sp³-hybridized carbons (Fsp3) is 0.240. The number of aryl methyl sites for hydroxylation is 1. The van der Waals surface area contributed by atoms with E-state index in [1.54, 1.807) is 6.20 Å². The number of aromatic nitrogens is 3. The van der Waals surface area contributed by atoms with Gasteiger partial charge in [-0.25, -0.2) is 9.78 Å². The number of carbonyl (C=O) groups is 1. The molecular formula is C25H26N6O. The third-order valence-electron chi connectivity index (χ3n) is 6.13. The molecule has 2 heterocycles. The fourth-order valence-corrected chi connectivity index (χ4v) is 4.52. The van der Waals surface area contributed by atoms with Crippen LogP contribution in [0.1, 0.15) is 22.7 Å². The number of hydrogen-bond acceptors (Lipinski definition) is 4. The Hall–Kier alpha value is -3.71. The van der Waals surface area contributed by atoms with Crippen molar-refractivity contribution < 1.29 is 4.79 Å². The minimum absolute atomic E-state index is 0.0787. The predicted molar refractivity (Wildman–Crippen MR) is 127 cm³/mol. The average molecular weight is 427 g/mol. The van der Waals surface area contributed by atoms with Crippen LogP contribution in [0.5, 0.6) is 0 Å². The summed E-state index contributed by atoms with van der Waals surface area (Å²) < 4.78 is 0. The van der Waals surface area contributed by atoms with Crippen LogP contribution < -0.4 is 10.6 Å². The molecule has 0 spiro atoms. The highest BCUT2D eigenvalue weighted by molar-refractivity contribution is 5.96. The summed E-state index contributed by atoms with van der Waals surface area (Å²) in [7, 11) is 4.09. The number of H-pyrrole nitrogens is 1. The minimum atomic E-state index is -0.274. The average Bonchev–Trinajstić information content (AvgIpc) is 3.35. The number of benzene rings is 2. The molecule has 4 aromatic rings. The first-order valence-corrected chi connectivity index (χ1v) is 10.7. The number of nitrogens with zero attached hydrogens (tertiary/aromatic N) is 3. The van der Waals surface area contributed by atoms with Crippen LogP contribution in [0.3, 0.4) is 0 Å². The summed E-state index contributed by atoms with van der Waals surface area (Å²) in [6, 6.07) is 18.1. The summed E-state index contributed by atoms with van der Waals surface area (Å²) in [5, 5.41) is 14.5. The molecule has 32 heavy (non-hydrogen) atoms. The van der Waals surface area contributed by atoms with Gasteiger partial charge in [-0.1, -0.05) is 48.0 Å². The molecule has 2 amide bonds. The second-order valence-corrected chi connectivity index (χ2v) is 8.57. The molecule has 2 atom stereocenters. The molecule has 0 aliphatic heterocycles. The Balaban J connectivity index is 1.35. The molecule has 3 N–H and O–H groups in total. The van der Waals surface area contributed by atoms with Crippen LogP contribution in [0.15, 0.2) is 60.8 Å².